The van der Waals surface area contributed by atoms with E-state index >= 15 is 0 Å². The van der Waals surface area contributed by atoms with E-state index < -0.39 is 5.41 Å². The van der Waals surface area contributed by atoms with E-state index in [0.29, 0.717) is 0 Å². The molecule has 0 aliphatic heterocycles. The molecule has 0 amide bonds. The van der Waals surface area contributed by atoms with E-state index in [1.165, 1.54) is 55.7 Å². The lowest BCUT2D eigenvalue weighted by Crippen LogP contribution is -2.27. The van der Waals surface area contributed by atoms with Gasteiger partial charge in [-0.15, -0.1) is 0 Å². The van der Waals surface area contributed by atoms with E-state index in [-0.39, 0.29) is 0 Å². The normalized spacial score (nSPS) is 14.6. The van der Waals surface area contributed by atoms with Crippen molar-refractivity contribution in [1.29, 1.82) is 0 Å². The van der Waals surface area contributed by atoms with Crippen LogP contribution in [0, 0.1) is 0 Å². The van der Waals surface area contributed by atoms with Gasteiger partial charge < -0.3 is 0 Å². The second-order valence-electron chi connectivity index (χ2n) is 9.41. The maximum Gasteiger partial charge on any atom is 0.0731 e. The predicted molar refractivity (Wildman–Crippen MR) is 155 cm³/mol. The van der Waals surface area contributed by atoms with Crippen LogP contribution in [0.1, 0.15) is 34.7 Å². The number of allylic oxidation sites excluding steroid dienone is 7. The first kappa shape index (κ1) is 22.1. The summed E-state index contributed by atoms with van der Waals surface area (Å²) >= 11 is 0. The maximum absolute atomic E-state index is 4.28. The Labute approximate surface area is 214 Å². The molecule has 0 aromatic heterocycles. The molecular weight excluding hydrogens is 432 g/mol. The molecular formula is C36H28. The smallest absolute Gasteiger partial charge is 0.0731 e. The topological polar surface area (TPSA) is 0 Å². The Morgan fingerprint density at radius 3 is 1.97 bits per heavy atom. The van der Waals surface area contributed by atoms with Crippen LogP contribution in [0.25, 0.3) is 33.4 Å². The van der Waals surface area contributed by atoms with E-state index in [1.54, 1.807) is 0 Å². The second-order valence-corrected chi connectivity index (χ2v) is 9.41. The van der Waals surface area contributed by atoms with Gasteiger partial charge in [0.05, 0.1) is 5.41 Å². The van der Waals surface area contributed by atoms with E-state index in [1.807, 2.05) is 12.2 Å². The van der Waals surface area contributed by atoms with Crippen molar-refractivity contribution >= 4 is 11.1 Å². The summed E-state index contributed by atoms with van der Waals surface area (Å²) in [5, 5.41) is 0. The van der Waals surface area contributed by atoms with Crippen LogP contribution in [0.15, 0.2) is 141 Å². The molecule has 1 spiro atoms. The molecule has 36 heavy (non-hydrogen) atoms. The van der Waals surface area contributed by atoms with Crippen LogP contribution < -0.4 is 0 Å². The molecule has 2 aliphatic carbocycles. The molecule has 0 radical (unpaired) electrons. The van der Waals surface area contributed by atoms with Gasteiger partial charge >= 0.3 is 0 Å². The first-order valence-electron chi connectivity index (χ1n) is 12.4. The molecule has 4 aromatic rings. The minimum absolute atomic E-state index is 0.416. The molecule has 0 heteroatoms. The SMILES string of the molecule is C=CC(=C)c1cccc(-c2cccc3c2C2(C(/C=C\C)=C3C=C)c3ccccc3-c3ccccc32)c1. The number of hydrogen-bond acceptors (Lipinski definition) is 0. The predicted octanol–water partition coefficient (Wildman–Crippen LogP) is 9.40. The fraction of sp³-hybridized carbons (Fsp3) is 0.0556. The van der Waals surface area contributed by atoms with Crippen molar-refractivity contribution in [3.63, 3.8) is 0 Å². The summed E-state index contributed by atoms with van der Waals surface area (Å²) in [4.78, 5) is 0. The molecule has 2 aliphatic rings. The average molecular weight is 461 g/mol. The van der Waals surface area contributed by atoms with Crippen LogP contribution in [0.4, 0.5) is 0 Å². The molecule has 0 saturated heterocycles. The van der Waals surface area contributed by atoms with Gasteiger partial charge in [-0.05, 0) is 79.8 Å². The van der Waals surface area contributed by atoms with Crippen molar-refractivity contribution in [2.75, 3.05) is 0 Å². The maximum atomic E-state index is 4.28. The highest BCUT2D eigenvalue weighted by atomic mass is 14.5. The molecule has 0 fully saturated rings. The summed E-state index contributed by atoms with van der Waals surface area (Å²) in [7, 11) is 0. The van der Waals surface area contributed by atoms with Gasteiger partial charge in [0.1, 0.15) is 0 Å². The Morgan fingerprint density at radius 1 is 0.722 bits per heavy atom. The van der Waals surface area contributed by atoms with Crippen LogP contribution in [0.5, 0.6) is 0 Å². The van der Waals surface area contributed by atoms with Crippen molar-refractivity contribution in [1.82, 2.24) is 0 Å². The third kappa shape index (κ3) is 2.82. The highest BCUT2D eigenvalue weighted by molar-refractivity contribution is 6.00. The van der Waals surface area contributed by atoms with Crippen molar-refractivity contribution in [2.24, 2.45) is 0 Å². The van der Waals surface area contributed by atoms with Gasteiger partial charge in [-0.25, -0.2) is 0 Å². The zero-order chi connectivity index (χ0) is 24.9. The Morgan fingerprint density at radius 2 is 1.33 bits per heavy atom. The number of rotatable bonds is 5. The summed E-state index contributed by atoms with van der Waals surface area (Å²) in [6, 6.07) is 33.1. The molecule has 0 atom stereocenters. The van der Waals surface area contributed by atoms with Crippen molar-refractivity contribution < 1.29 is 0 Å². The Balaban J connectivity index is 1.78. The Hall–Kier alpha value is -4.42. The fourth-order valence-electron chi connectivity index (χ4n) is 6.30. The van der Waals surface area contributed by atoms with E-state index in [2.05, 4.69) is 130 Å². The van der Waals surface area contributed by atoms with Gasteiger partial charge in [0.25, 0.3) is 0 Å². The monoisotopic (exact) mass is 460 g/mol. The zero-order valence-corrected chi connectivity index (χ0v) is 20.6. The fourth-order valence-corrected chi connectivity index (χ4v) is 6.30. The van der Waals surface area contributed by atoms with Crippen LogP contribution in [-0.2, 0) is 5.41 Å². The lowest BCUT2D eigenvalue weighted by atomic mass is 9.67. The summed E-state index contributed by atoms with van der Waals surface area (Å²) in [5.74, 6) is 0. The lowest BCUT2D eigenvalue weighted by Gasteiger charge is -2.33. The molecule has 4 aromatic carbocycles. The number of fused-ring (bicyclic) bond motifs is 7. The van der Waals surface area contributed by atoms with Gasteiger partial charge in [-0.1, -0.05) is 129 Å². The highest BCUT2D eigenvalue weighted by Crippen LogP contribution is 2.63. The first-order chi connectivity index (χ1) is 17.7. The van der Waals surface area contributed by atoms with E-state index in [4.69, 9.17) is 0 Å². The number of hydrogen-bond donors (Lipinski definition) is 0. The number of benzene rings is 4. The quantitative estimate of drug-likeness (QED) is 0.260. The molecule has 0 heterocycles. The van der Waals surface area contributed by atoms with Crippen molar-refractivity contribution in [3.05, 3.63) is 168 Å². The minimum Gasteiger partial charge on any atom is -0.0985 e. The summed E-state index contributed by atoms with van der Waals surface area (Å²) < 4.78 is 0. The van der Waals surface area contributed by atoms with Gasteiger partial charge in [0.15, 0.2) is 0 Å². The van der Waals surface area contributed by atoms with Crippen LogP contribution >= 0.6 is 0 Å². The van der Waals surface area contributed by atoms with Gasteiger partial charge in [-0.2, -0.15) is 0 Å². The Bertz CT molecular complexity index is 1590. The third-order valence-corrected chi connectivity index (χ3v) is 7.70. The lowest BCUT2D eigenvalue weighted by molar-refractivity contribution is 0.788. The zero-order valence-electron chi connectivity index (χ0n) is 20.6. The Kier molecular flexibility index (Phi) is 5.12. The molecule has 0 unspecified atom stereocenters. The van der Waals surface area contributed by atoms with Crippen LogP contribution in [0.2, 0.25) is 0 Å². The summed E-state index contributed by atoms with van der Waals surface area (Å²) in [6.45, 7) is 14.5. The molecule has 0 bridgehead atoms. The molecule has 0 nitrogen and oxygen atoms in total. The third-order valence-electron chi connectivity index (χ3n) is 7.70. The standard InChI is InChI=1S/C36H28/c1-5-14-32-27(7-3)31-20-13-19-28(26-16-12-15-25(23-26)24(4)6-2)35(31)36(32)33-21-10-8-17-29(33)30-18-9-11-22-34(30)36/h5-23H,2-4H2,1H3/b14-5-. The van der Waals surface area contributed by atoms with Gasteiger partial charge in [-0.3, -0.25) is 0 Å². The molecule has 6 rings (SSSR count). The van der Waals surface area contributed by atoms with E-state index in [0.717, 1.165) is 11.1 Å². The van der Waals surface area contributed by atoms with Crippen molar-refractivity contribution in [3.8, 4) is 22.3 Å². The van der Waals surface area contributed by atoms with Crippen LogP contribution in [-0.4, -0.2) is 0 Å². The molecule has 0 N–H and O–H groups in total. The van der Waals surface area contributed by atoms with E-state index in [9.17, 15) is 0 Å². The second kappa shape index (κ2) is 8.36. The average Bonchev–Trinajstić information content (AvgIpc) is 3.39. The van der Waals surface area contributed by atoms with Crippen molar-refractivity contribution in [2.45, 2.75) is 12.3 Å². The summed E-state index contributed by atoms with van der Waals surface area (Å²) in [6.07, 6.45) is 8.30. The summed E-state index contributed by atoms with van der Waals surface area (Å²) in [5.41, 5.74) is 14.3. The van der Waals surface area contributed by atoms with Crippen LogP contribution in [0.3, 0.4) is 0 Å². The highest BCUT2D eigenvalue weighted by Gasteiger charge is 2.52. The van der Waals surface area contributed by atoms with Gasteiger partial charge in [0, 0.05) is 0 Å². The molecule has 172 valence electrons. The first-order valence-corrected chi connectivity index (χ1v) is 12.4. The largest absolute Gasteiger partial charge is 0.0985 e. The van der Waals surface area contributed by atoms with Gasteiger partial charge in [0.2, 0.25) is 0 Å². The molecule has 0 saturated carbocycles. The minimum atomic E-state index is -0.416.